The van der Waals surface area contributed by atoms with Crippen LogP contribution in [0.15, 0.2) is 36.4 Å². The lowest BCUT2D eigenvalue weighted by atomic mass is 9.92. The van der Waals surface area contributed by atoms with Crippen LogP contribution in [0.2, 0.25) is 0 Å². The minimum atomic E-state index is -0.260. The van der Waals surface area contributed by atoms with E-state index in [9.17, 15) is 9.18 Å². The number of hydrogen-bond acceptors (Lipinski definition) is 4. The first-order valence-corrected chi connectivity index (χ1v) is 10.3. The maximum Gasteiger partial charge on any atom is 0.223 e. The molecule has 28 heavy (non-hydrogen) atoms. The average molecular weight is 382 g/mol. The van der Waals surface area contributed by atoms with Crippen LogP contribution in [0.4, 0.5) is 10.2 Å². The Hall–Kier alpha value is -2.50. The monoisotopic (exact) mass is 382 g/mol. The van der Waals surface area contributed by atoms with E-state index < -0.39 is 0 Å². The standard InChI is InChI=1S/C22H27FN4O/c23-18-8-6-16(7-9-18)20-10-11-21(26-25-20)27-14-12-17(13-15-27)22(28)24-19-4-2-1-3-5-19/h6-11,17,19H,1-5,12-15H2,(H,24,28). The van der Waals surface area contributed by atoms with Crippen LogP contribution in [0.25, 0.3) is 11.3 Å². The van der Waals surface area contributed by atoms with E-state index in [1.54, 1.807) is 12.1 Å². The van der Waals surface area contributed by atoms with Crippen LogP contribution in [0.3, 0.4) is 0 Å². The zero-order valence-corrected chi connectivity index (χ0v) is 16.1. The summed E-state index contributed by atoms with van der Waals surface area (Å²) >= 11 is 0. The van der Waals surface area contributed by atoms with E-state index in [1.807, 2.05) is 12.1 Å². The number of nitrogens with one attached hydrogen (secondary N) is 1. The first kappa shape index (κ1) is 18.8. The van der Waals surface area contributed by atoms with Crippen LogP contribution in [0.1, 0.15) is 44.9 Å². The third-order valence-electron chi connectivity index (χ3n) is 5.93. The first-order valence-electron chi connectivity index (χ1n) is 10.3. The normalized spacial score (nSPS) is 18.8. The van der Waals surface area contributed by atoms with Crippen molar-refractivity contribution >= 4 is 11.7 Å². The fraction of sp³-hybridized carbons (Fsp3) is 0.500. The van der Waals surface area contributed by atoms with Gasteiger partial charge in [0.05, 0.1) is 5.69 Å². The minimum Gasteiger partial charge on any atom is -0.355 e. The molecule has 2 aromatic rings. The van der Waals surface area contributed by atoms with Gasteiger partial charge in [0.1, 0.15) is 5.82 Å². The highest BCUT2D eigenvalue weighted by atomic mass is 19.1. The summed E-state index contributed by atoms with van der Waals surface area (Å²) in [5.41, 5.74) is 1.57. The zero-order valence-electron chi connectivity index (χ0n) is 16.1. The van der Waals surface area contributed by atoms with Gasteiger partial charge in [0.2, 0.25) is 5.91 Å². The molecule has 0 unspecified atom stereocenters. The molecule has 1 amide bonds. The Morgan fingerprint density at radius 3 is 2.29 bits per heavy atom. The third-order valence-corrected chi connectivity index (χ3v) is 5.93. The number of aromatic nitrogens is 2. The summed E-state index contributed by atoms with van der Waals surface area (Å²) in [5, 5.41) is 11.9. The van der Waals surface area contributed by atoms with E-state index in [1.165, 1.54) is 31.4 Å². The molecule has 1 saturated heterocycles. The lowest BCUT2D eigenvalue weighted by molar-refractivity contribution is -0.126. The number of rotatable bonds is 4. The van der Waals surface area contributed by atoms with Crippen molar-refractivity contribution in [3.05, 3.63) is 42.2 Å². The highest BCUT2D eigenvalue weighted by Gasteiger charge is 2.27. The third kappa shape index (κ3) is 4.49. The van der Waals surface area contributed by atoms with Crippen LogP contribution in [0, 0.1) is 11.7 Å². The fourth-order valence-corrected chi connectivity index (χ4v) is 4.21. The van der Waals surface area contributed by atoms with Crippen LogP contribution >= 0.6 is 0 Å². The van der Waals surface area contributed by atoms with Gasteiger partial charge in [-0.15, -0.1) is 10.2 Å². The van der Waals surface area contributed by atoms with Gasteiger partial charge in [0.15, 0.2) is 5.82 Å². The van der Waals surface area contributed by atoms with E-state index in [0.29, 0.717) is 6.04 Å². The lowest BCUT2D eigenvalue weighted by Gasteiger charge is -2.33. The summed E-state index contributed by atoms with van der Waals surface area (Å²) in [6, 6.07) is 10.5. The van der Waals surface area contributed by atoms with Gasteiger partial charge in [-0.2, -0.15) is 0 Å². The number of anilines is 1. The number of benzene rings is 1. The number of hydrogen-bond donors (Lipinski definition) is 1. The van der Waals surface area contributed by atoms with Crippen LogP contribution in [-0.4, -0.2) is 35.2 Å². The molecule has 6 heteroatoms. The van der Waals surface area contributed by atoms with Crippen LogP contribution in [-0.2, 0) is 4.79 Å². The second-order valence-corrected chi connectivity index (χ2v) is 7.89. The van der Waals surface area contributed by atoms with Gasteiger partial charge in [0, 0.05) is 30.6 Å². The van der Waals surface area contributed by atoms with Gasteiger partial charge in [0.25, 0.3) is 0 Å². The first-order chi connectivity index (χ1) is 13.7. The van der Waals surface area contributed by atoms with E-state index in [0.717, 1.165) is 55.8 Å². The Morgan fingerprint density at radius 2 is 1.64 bits per heavy atom. The van der Waals surface area contributed by atoms with Crippen molar-refractivity contribution in [1.82, 2.24) is 15.5 Å². The van der Waals surface area contributed by atoms with Gasteiger partial charge in [-0.05, 0) is 62.1 Å². The molecule has 5 nitrogen and oxygen atoms in total. The summed E-state index contributed by atoms with van der Waals surface area (Å²) in [6.07, 6.45) is 7.71. The van der Waals surface area contributed by atoms with E-state index in [2.05, 4.69) is 20.4 Å². The Bertz CT molecular complexity index is 779. The molecule has 1 aliphatic heterocycles. The highest BCUT2D eigenvalue weighted by Crippen LogP contribution is 2.25. The predicted molar refractivity (Wildman–Crippen MR) is 107 cm³/mol. The van der Waals surface area contributed by atoms with Crippen molar-refractivity contribution in [1.29, 1.82) is 0 Å². The van der Waals surface area contributed by atoms with Crippen molar-refractivity contribution in [3.8, 4) is 11.3 Å². The molecule has 148 valence electrons. The van der Waals surface area contributed by atoms with E-state index >= 15 is 0 Å². The molecule has 1 aromatic heterocycles. The molecular weight excluding hydrogens is 355 g/mol. The van der Waals surface area contributed by atoms with Crippen molar-refractivity contribution in [3.63, 3.8) is 0 Å². The SMILES string of the molecule is O=C(NC1CCCCC1)C1CCN(c2ccc(-c3ccc(F)cc3)nn2)CC1. The molecule has 1 aromatic carbocycles. The average Bonchev–Trinajstić information content (AvgIpc) is 2.75. The summed E-state index contributed by atoms with van der Waals surface area (Å²) in [6.45, 7) is 1.63. The molecule has 4 rings (SSSR count). The molecule has 2 aliphatic rings. The summed E-state index contributed by atoms with van der Waals surface area (Å²) in [5.74, 6) is 0.898. The molecule has 2 fully saturated rings. The maximum atomic E-state index is 13.1. The van der Waals surface area contributed by atoms with E-state index in [4.69, 9.17) is 0 Å². The molecule has 0 spiro atoms. The van der Waals surface area contributed by atoms with Gasteiger partial charge in [-0.3, -0.25) is 4.79 Å². The van der Waals surface area contributed by atoms with Crippen LogP contribution < -0.4 is 10.2 Å². The van der Waals surface area contributed by atoms with Crippen LogP contribution in [0.5, 0.6) is 0 Å². The predicted octanol–water partition coefficient (Wildman–Crippen LogP) is 3.95. The quantitative estimate of drug-likeness (QED) is 0.870. The smallest absolute Gasteiger partial charge is 0.223 e. The van der Waals surface area contributed by atoms with Gasteiger partial charge < -0.3 is 10.2 Å². The molecular formula is C22H27FN4O. The topological polar surface area (TPSA) is 58.1 Å². The zero-order chi connectivity index (χ0) is 19.3. The summed E-state index contributed by atoms with van der Waals surface area (Å²) < 4.78 is 13.1. The fourth-order valence-electron chi connectivity index (χ4n) is 4.21. The maximum absolute atomic E-state index is 13.1. The van der Waals surface area contributed by atoms with Crippen molar-refractivity contribution in [2.24, 2.45) is 5.92 Å². The minimum absolute atomic E-state index is 0.102. The molecule has 0 bridgehead atoms. The summed E-state index contributed by atoms with van der Waals surface area (Å²) in [4.78, 5) is 14.7. The molecule has 0 atom stereocenters. The number of carbonyl (C=O) groups excluding carboxylic acids is 1. The lowest BCUT2D eigenvalue weighted by Crippen LogP contribution is -2.44. The second kappa shape index (κ2) is 8.67. The second-order valence-electron chi connectivity index (χ2n) is 7.89. The molecule has 1 N–H and O–H groups in total. The van der Waals surface area contributed by atoms with E-state index in [-0.39, 0.29) is 17.6 Å². The van der Waals surface area contributed by atoms with Crippen molar-refractivity contribution in [2.75, 3.05) is 18.0 Å². The van der Waals surface area contributed by atoms with Gasteiger partial charge >= 0.3 is 0 Å². The van der Waals surface area contributed by atoms with Gasteiger partial charge in [-0.25, -0.2) is 4.39 Å². The number of carbonyl (C=O) groups is 1. The summed E-state index contributed by atoms with van der Waals surface area (Å²) in [7, 11) is 0. The largest absolute Gasteiger partial charge is 0.355 e. The Labute approximate surface area is 165 Å². The number of piperidine rings is 1. The van der Waals surface area contributed by atoms with Gasteiger partial charge in [-0.1, -0.05) is 19.3 Å². The Kier molecular flexibility index (Phi) is 5.84. The molecule has 0 radical (unpaired) electrons. The van der Waals surface area contributed by atoms with Crippen molar-refractivity contribution in [2.45, 2.75) is 51.0 Å². The molecule has 1 saturated carbocycles. The number of nitrogens with zero attached hydrogens (tertiary/aromatic N) is 3. The molecule has 1 aliphatic carbocycles. The number of halogens is 1. The Balaban J connectivity index is 1.30. The molecule has 2 heterocycles. The Morgan fingerprint density at radius 1 is 0.929 bits per heavy atom. The number of amides is 1. The van der Waals surface area contributed by atoms with Crippen molar-refractivity contribution < 1.29 is 9.18 Å². The highest BCUT2D eigenvalue weighted by molar-refractivity contribution is 5.79.